The Hall–Kier alpha value is -3.68. The highest BCUT2D eigenvalue weighted by Crippen LogP contribution is 2.37. The van der Waals surface area contributed by atoms with Crippen molar-refractivity contribution in [3.05, 3.63) is 83.2 Å². The summed E-state index contributed by atoms with van der Waals surface area (Å²) in [5.41, 5.74) is 3.79. The van der Waals surface area contributed by atoms with Gasteiger partial charge in [-0.15, -0.1) is 11.3 Å². The zero-order valence-electron chi connectivity index (χ0n) is 17.3. The second-order valence-corrected chi connectivity index (χ2v) is 8.71. The van der Waals surface area contributed by atoms with E-state index < -0.39 is 0 Å². The van der Waals surface area contributed by atoms with Gasteiger partial charge in [0.15, 0.2) is 6.61 Å². The molecule has 2 amide bonds. The fourth-order valence-electron chi connectivity index (χ4n) is 3.56. The number of halogens is 1. The minimum absolute atomic E-state index is 0.119. The maximum Gasteiger partial charge on any atom is 0.265 e. The van der Waals surface area contributed by atoms with Crippen LogP contribution >= 0.6 is 22.9 Å². The summed E-state index contributed by atoms with van der Waals surface area (Å²) in [7, 11) is 0. The third kappa shape index (κ3) is 4.60. The summed E-state index contributed by atoms with van der Waals surface area (Å²) in [6.45, 7) is -0.261. The van der Waals surface area contributed by atoms with Gasteiger partial charge in [-0.2, -0.15) is 0 Å². The molecule has 0 bridgehead atoms. The lowest BCUT2D eigenvalue weighted by atomic mass is 10.1. The SMILES string of the molecule is O=C(CN1C(=O)COc2ccc(-c3csc(-c4ccccc4)n3)cc21)Nc1cccc(Cl)c1. The Morgan fingerprint density at radius 3 is 2.73 bits per heavy atom. The summed E-state index contributed by atoms with van der Waals surface area (Å²) >= 11 is 7.54. The Morgan fingerprint density at radius 1 is 1.06 bits per heavy atom. The number of carbonyl (C=O) groups excluding carboxylic acids is 2. The molecule has 5 rings (SSSR count). The van der Waals surface area contributed by atoms with Gasteiger partial charge in [-0.3, -0.25) is 14.5 Å². The van der Waals surface area contributed by atoms with Crippen molar-refractivity contribution in [2.75, 3.05) is 23.4 Å². The van der Waals surface area contributed by atoms with Gasteiger partial charge in [-0.1, -0.05) is 48.0 Å². The van der Waals surface area contributed by atoms with E-state index in [1.165, 1.54) is 4.90 Å². The lowest BCUT2D eigenvalue weighted by molar-refractivity contribution is -0.123. The summed E-state index contributed by atoms with van der Waals surface area (Å²) in [5, 5.41) is 6.19. The molecule has 2 heterocycles. The van der Waals surface area contributed by atoms with Crippen LogP contribution < -0.4 is 15.0 Å². The highest BCUT2D eigenvalue weighted by molar-refractivity contribution is 7.13. The van der Waals surface area contributed by atoms with E-state index in [0.717, 1.165) is 21.8 Å². The maximum atomic E-state index is 12.7. The number of aromatic nitrogens is 1. The first-order chi connectivity index (χ1) is 16.1. The number of hydrogen-bond donors (Lipinski definition) is 1. The fraction of sp³-hybridized carbons (Fsp3) is 0.0800. The highest BCUT2D eigenvalue weighted by Gasteiger charge is 2.28. The van der Waals surface area contributed by atoms with E-state index >= 15 is 0 Å². The number of carbonyl (C=O) groups is 2. The summed E-state index contributed by atoms with van der Waals surface area (Å²) < 4.78 is 5.59. The zero-order valence-corrected chi connectivity index (χ0v) is 18.9. The molecule has 0 spiro atoms. The number of amides is 2. The number of anilines is 2. The average Bonchev–Trinajstić information content (AvgIpc) is 3.32. The normalized spacial score (nSPS) is 12.8. The largest absolute Gasteiger partial charge is 0.482 e. The molecule has 8 heteroatoms. The second kappa shape index (κ2) is 9.05. The van der Waals surface area contributed by atoms with Crippen molar-refractivity contribution in [1.29, 1.82) is 0 Å². The van der Waals surface area contributed by atoms with E-state index in [9.17, 15) is 9.59 Å². The van der Waals surface area contributed by atoms with Gasteiger partial charge in [0.25, 0.3) is 5.91 Å². The number of benzene rings is 3. The van der Waals surface area contributed by atoms with Crippen LogP contribution in [0.3, 0.4) is 0 Å². The molecular weight excluding hydrogens is 458 g/mol. The summed E-state index contributed by atoms with van der Waals surface area (Å²) in [5.74, 6) is -0.0690. The summed E-state index contributed by atoms with van der Waals surface area (Å²) in [4.78, 5) is 31.5. The van der Waals surface area contributed by atoms with Gasteiger partial charge in [0, 0.05) is 27.2 Å². The number of ether oxygens (including phenoxy) is 1. The van der Waals surface area contributed by atoms with E-state index in [-0.39, 0.29) is 25.0 Å². The molecule has 0 saturated heterocycles. The molecule has 164 valence electrons. The predicted molar refractivity (Wildman–Crippen MR) is 131 cm³/mol. The molecule has 0 fully saturated rings. The monoisotopic (exact) mass is 475 g/mol. The molecular formula is C25H18ClN3O3S. The third-order valence-corrected chi connectivity index (χ3v) is 6.26. The zero-order chi connectivity index (χ0) is 22.8. The Morgan fingerprint density at radius 2 is 1.91 bits per heavy atom. The minimum atomic E-state index is -0.330. The van der Waals surface area contributed by atoms with E-state index in [1.807, 2.05) is 47.8 Å². The van der Waals surface area contributed by atoms with Gasteiger partial charge in [-0.25, -0.2) is 4.98 Å². The first-order valence-electron chi connectivity index (χ1n) is 10.2. The quantitative estimate of drug-likeness (QED) is 0.414. The molecule has 0 radical (unpaired) electrons. The van der Waals surface area contributed by atoms with Gasteiger partial charge in [0.2, 0.25) is 5.91 Å². The third-order valence-electron chi connectivity index (χ3n) is 5.13. The van der Waals surface area contributed by atoms with Crippen LogP contribution in [-0.2, 0) is 9.59 Å². The number of nitrogens with one attached hydrogen (secondary N) is 1. The van der Waals surface area contributed by atoms with Gasteiger partial charge in [-0.05, 0) is 36.4 Å². The average molecular weight is 476 g/mol. The first-order valence-corrected chi connectivity index (χ1v) is 11.5. The topological polar surface area (TPSA) is 71.5 Å². The number of rotatable bonds is 5. The van der Waals surface area contributed by atoms with Crippen LogP contribution in [0.4, 0.5) is 11.4 Å². The van der Waals surface area contributed by atoms with E-state index in [4.69, 9.17) is 21.3 Å². The van der Waals surface area contributed by atoms with Crippen LogP contribution in [0.5, 0.6) is 5.75 Å². The van der Waals surface area contributed by atoms with Crippen molar-refractivity contribution in [3.8, 4) is 27.6 Å². The number of thiazole rings is 1. The van der Waals surface area contributed by atoms with Crippen molar-refractivity contribution in [2.24, 2.45) is 0 Å². The molecule has 0 saturated carbocycles. The molecule has 33 heavy (non-hydrogen) atoms. The highest BCUT2D eigenvalue weighted by atomic mass is 35.5. The minimum Gasteiger partial charge on any atom is -0.482 e. The van der Waals surface area contributed by atoms with Gasteiger partial charge < -0.3 is 10.1 Å². The van der Waals surface area contributed by atoms with Gasteiger partial charge >= 0.3 is 0 Å². The van der Waals surface area contributed by atoms with Gasteiger partial charge in [0.1, 0.15) is 17.3 Å². The van der Waals surface area contributed by atoms with Crippen molar-refractivity contribution in [1.82, 2.24) is 4.98 Å². The van der Waals surface area contributed by atoms with Crippen LogP contribution in [0.1, 0.15) is 0 Å². The van der Waals surface area contributed by atoms with Crippen molar-refractivity contribution in [2.45, 2.75) is 0 Å². The molecule has 6 nitrogen and oxygen atoms in total. The van der Waals surface area contributed by atoms with E-state index in [1.54, 1.807) is 41.7 Å². The molecule has 1 aliphatic rings. The summed E-state index contributed by atoms with van der Waals surface area (Å²) in [6, 6.07) is 22.4. The van der Waals surface area contributed by atoms with Crippen LogP contribution in [0, 0.1) is 0 Å². The molecule has 0 unspecified atom stereocenters. The molecule has 0 aliphatic carbocycles. The Bertz CT molecular complexity index is 1340. The van der Waals surface area contributed by atoms with Crippen molar-refractivity contribution in [3.63, 3.8) is 0 Å². The Labute approximate surface area is 199 Å². The predicted octanol–water partition coefficient (Wildman–Crippen LogP) is 5.49. The smallest absolute Gasteiger partial charge is 0.265 e. The van der Waals surface area contributed by atoms with Gasteiger partial charge in [0.05, 0.1) is 11.4 Å². The van der Waals surface area contributed by atoms with Crippen molar-refractivity contribution >= 4 is 46.1 Å². The summed E-state index contributed by atoms with van der Waals surface area (Å²) in [6.07, 6.45) is 0. The van der Waals surface area contributed by atoms with E-state index in [0.29, 0.717) is 22.1 Å². The van der Waals surface area contributed by atoms with Crippen LogP contribution in [0.25, 0.3) is 21.8 Å². The maximum absolute atomic E-state index is 12.7. The standard InChI is InChI=1S/C25H18ClN3O3S/c26-18-7-4-8-19(12-18)27-23(30)13-29-21-11-17(9-10-22(21)32-14-24(29)31)20-15-33-25(28-20)16-5-2-1-3-6-16/h1-12,15H,13-14H2,(H,27,30). The van der Waals surface area contributed by atoms with Crippen LogP contribution in [0.15, 0.2) is 78.2 Å². The Kier molecular flexibility index (Phi) is 5.81. The lowest BCUT2D eigenvalue weighted by Crippen LogP contribution is -2.43. The van der Waals surface area contributed by atoms with E-state index in [2.05, 4.69) is 5.32 Å². The first kappa shape index (κ1) is 21.2. The fourth-order valence-corrected chi connectivity index (χ4v) is 4.59. The lowest BCUT2D eigenvalue weighted by Gasteiger charge is -2.29. The number of nitrogens with zero attached hydrogens (tertiary/aromatic N) is 2. The van der Waals surface area contributed by atoms with Crippen LogP contribution in [-0.4, -0.2) is 29.9 Å². The molecule has 1 aliphatic heterocycles. The molecule has 1 aromatic heterocycles. The van der Waals surface area contributed by atoms with Crippen molar-refractivity contribution < 1.29 is 14.3 Å². The number of fused-ring (bicyclic) bond motifs is 1. The number of hydrogen-bond acceptors (Lipinski definition) is 5. The molecule has 0 atom stereocenters. The Balaban J connectivity index is 1.40. The molecule has 3 aromatic carbocycles. The van der Waals surface area contributed by atoms with Crippen LogP contribution in [0.2, 0.25) is 5.02 Å². The molecule has 4 aromatic rings. The molecule has 1 N–H and O–H groups in total. The second-order valence-electron chi connectivity index (χ2n) is 7.41.